The van der Waals surface area contributed by atoms with E-state index < -0.39 is 0 Å². The number of fused-ring (bicyclic) bond motifs is 1. The van der Waals surface area contributed by atoms with Crippen LogP contribution in [-0.2, 0) is 6.54 Å². The Labute approximate surface area is 157 Å². The van der Waals surface area contributed by atoms with Gasteiger partial charge in [-0.15, -0.1) is 0 Å². The van der Waals surface area contributed by atoms with Crippen LogP contribution in [0.1, 0.15) is 48.9 Å². The van der Waals surface area contributed by atoms with Gasteiger partial charge in [-0.05, 0) is 54.3 Å². The Balaban J connectivity index is 1.94. The number of rotatable bonds is 8. The number of hydrogen-bond acceptors (Lipinski definition) is 3. The molecule has 3 nitrogen and oxygen atoms in total. The molecular weight excluding hydrogens is 322 g/mol. The summed E-state index contributed by atoms with van der Waals surface area (Å²) in [5.74, 6) is 1.60. The van der Waals surface area contributed by atoms with E-state index >= 15 is 0 Å². The van der Waals surface area contributed by atoms with E-state index in [1.54, 1.807) is 14.2 Å². The van der Waals surface area contributed by atoms with E-state index in [2.05, 4.69) is 67.4 Å². The van der Waals surface area contributed by atoms with E-state index in [-0.39, 0.29) is 6.04 Å². The largest absolute Gasteiger partial charge is 0.493 e. The molecule has 0 amide bonds. The Bertz CT molecular complexity index is 767. The Morgan fingerprint density at radius 3 is 2.35 bits per heavy atom. The molecule has 0 fully saturated rings. The maximum Gasteiger partial charge on any atom is 0.161 e. The minimum absolute atomic E-state index is 0.288. The molecule has 138 valence electrons. The van der Waals surface area contributed by atoms with Crippen molar-refractivity contribution in [2.45, 2.75) is 38.8 Å². The van der Waals surface area contributed by atoms with Crippen molar-refractivity contribution in [2.24, 2.45) is 0 Å². The first-order valence-electron chi connectivity index (χ1n) is 9.38. The van der Waals surface area contributed by atoms with Crippen LogP contribution >= 0.6 is 0 Å². The molecule has 1 aliphatic carbocycles. The molecule has 0 aromatic heterocycles. The molecule has 2 aromatic rings. The minimum Gasteiger partial charge on any atom is -0.493 e. The predicted molar refractivity (Wildman–Crippen MR) is 108 cm³/mol. The molecular formula is C23H29NO2. The van der Waals surface area contributed by atoms with Gasteiger partial charge in [0.05, 0.1) is 20.3 Å². The van der Waals surface area contributed by atoms with Gasteiger partial charge >= 0.3 is 0 Å². The molecule has 0 bridgehead atoms. The Morgan fingerprint density at radius 1 is 1.00 bits per heavy atom. The highest BCUT2D eigenvalue weighted by Crippen LogP contribution is 2.45. The van der Waals surface area contributed by atoms with Crippen molar-refractivity contribution in [3.63, 3.8) is 0 Å². The highest BCUT2D eigenvalue weighted by molar-refractivity contribution is 5.70. The lowest BCUT2D eigenvalue weighted by atomic mass is 9.98. The highest BCUT2D eigenvalue weighted by Gasteiger charge is 2.30. The lowest BCUT2D eigenvalue weighted by Gasteiger charge is -2.29. The summed E-state index contributed by atoms with van der Waals surface area (Å²) in [4.78, 5) is 2.44. The quantitative estimate of drug-likeness (QED) is 0.630. The van der Waals surface area contributed by atoms with Gasteiger partial charge < -0.3 is 9.47 Å². The number of methoxy groups -OCH3 is 2. The van der Waals surface area contributed by atoms with Gasteiger partial charge in [0.1, 0.15) is 0 Å². The van der Waals surface area contributed by atoms with Gasteiger partial charge in [-0.1, -0.05) is 49.8 Å². The lowest BCUT2D eigenvalue weighted by Crippen LogP contribution is -2.24. The number of likely N-dealkylation sites (N-methyl/N-ethyl adjacent to an activating group) is 1. The second kappa shape index (κ2) is 8.41. The third kappa shape index (κ3) is 3.78. The van der Waals surface area contributed by atoms with Crippen LogP contribution in [0, 0.1) is 0 Å². The third-order valence-electron chi connectivity index (χ3n) is 5.11. The SMILES string of the molecule is CCCCC1=Cc2cc(OC)c(OC)cc2C1N(C)Cc1ccccc1. The topological polar surface area (TPSA) is 21.7 Å². The lowest BCUT2D eigenvalue weighted by molar-refractivity contribution is 0.264. The van der Waals surface area contributed by atoms with E-state index in [0.717, 1.165) is 24.5 Å². The van der Waals surface area contributed by atoms with Crippen LogP contribution in [0.4, 0.5) is 0 Å². The van der Waals surface area contributed by atoms with Crippen molar-refractivity contribution in [3.05, 3.63) is 64.7 Å². The van der Waals surface area contributed by atoms with Crippen molar-refractivity contribution >= 4 is 6.08 Å². The Kier molecular flexibility index (Phi) is 6.00. The van der Waals surface area contributed by atoms with E-state index in [4.69, 9.17) is 9.47 Å². The maximum atomic E-state index is 5.56. The number of ether oxygens (including phenoxy) is 2. The van der Waals surface area contributed by atoms with Crippen LogP contribution in [0.3, 0.4) is 0 Å². The van der Waals surface area contributed by atoms with Crippen molar-refractivity contribution in [1.82, 2.24) is 4.90 Å². The normalized spacial score (nSPS) is 15.7. The third-order valence-corrected chi connectivity index (χ3v) is 5.11. The predicted octanol–water partition coefficient (Wildman–Crippen LogP) is 5.46. The summed E-state index contributed by atoms with van der Waals surface area (Å²) in [5.41, 5.74) is 5.38. The van der Waals surface area contributed by atoms with E-state index in [1.165, 1.54) is 35.1 Å². The standard InChI is InChI=1S/C23H29NO2/c1-5-6-12-18-13-19-14-21(25-3)22(26-4)15-20(19)23(18)24(2)16-17-10-8-7-9-11-17/h7-11,13-15,23H,5-6,12,16H2,1-4H3. The summed E-state index contributed by atoms with van der Waals surface area (Å²) < 4.78 is 11.1. The summed E-state index contributed by atoms with van der Waals surface area (Å²) in [6, 6.07) is 15.2. The molecule has 1 aliphatic rings. The van der Waals surface area contributed by atoms with Crippen LogP contribution in [0.15, 0.2) is 48.0 Å². The van der Waals surface area contributed by atoms with Crippen LogP contribution in [0.25, 0.3) is 6.08 Å². The molecule has 3 rings (SSSR count). The number of nitrogens with zero attached hydrogens (tertiary/aromatic N) is 1. The first kappa shape index (κ1) is 18.5. The smallest absolute Gasteiger partial charge is 0.161 e. The zero-order chi connectivity index (χ0) is 18.5. The first-order valence-corrected chi connectivity index (χ1v) is 9.38. The summed E-state index contributed by atoms with van der Waals surface area (Å²) in [6.07, 6.45) is 5.89. The molecule has 1 atom stereocenters. The fourth-order valence-corrected chi connectivity index (χ4v) is 3.82. The zero-order valence-corrected chi connectivity index (χ0v) is 16.3. The molecule has 0 heterocycles. The van der Waals surface area contributed by atoms with Gasteiger partial charge in [0, 0.05) is 6.54 Å². The van der Waals surface area contributed by atoms with Gasteiger partial charge in [0.15, 0.2) is 11.5 Å². The summed E-state index contributed by atoms with van der Waals surface area (Å²) in [5, 5.41) is 0. The van der Waals surface area contributed by atoms with Crippen LogP contribution in [0.5, 0.6) is 11.5 Å². The van der Waals surface area contributed by atoms with Crippen LogP contribution < -0.4 is 9.47 Å². The first-order chi connectivity index (χ1) is 12.7. The number of unbranched alkanes of at least 4 members (excludes halogenated alkanes) is 1. The average molecular weight is 351 g/mol. The van der Waals surface area contributed by atoms with Gasteiger partial charge in [-0.25, -0.2) is 0 Å². The molecule has 0 radical (unpaired) electrons. The van der Waals surface area contributed by atoms with Gasteiger partial charge in [-0.2, -0.15) is 0 Å². The second-order valence-electron chi connectivity index (χ2n) is 6.96. The Morgan fingerprint density at radius 2 is 1.69 bits per heavy atom. The summed E-state index contributed by atoms with van der Waals surface area (Å²) >= 11 is 0. The van der Waals surface area contributed by atoms with Crippen molar-refractivity contribution < 1.29 is 9.47 Å². The van der Waals surface area contributed by atoms with E-state index in [0.29, 0.717) is 0 Å². The summed E-state index contributed by atoms with van der Waals surface area (Å²) in [6.45, 7) is 3.17. The minimum atomic E-state index is 0.288. The summed E-state index contributed by atoms with van der Waals surface area (Å²) in [7, 11) is 5.61. The monoisotopic (exact) mass is 351 g/mol. The molecule has 0 saturated heterocycles. The fraction of sp³-hybridized carbons (Fsp3) is 0.391. The van der Waals surface area contributed by atoms with Crippen LogP contribution in [-0.4, -0.2) is 26.2 Å². The molecule has 0 saturated carbocycles. The van der Waals surface area contributed by atoms with Crippen molar-refractivity contribution in [2.75, 3.05) is 21.3 Å². The van der Waals surface area contributed by atoms with Gasteiger partial charge in [0.2, 0.25) is 0 Å². The Hall–Kier alpha value is -2.26. The van der Waals surface area contributed by atoms with Crippen LogP contribution in [0.2, 0.25) is 0 Å². The van der Waals surface area contributed by atoms with E-state index in [1.807, 2.05) is 0 Å². The maximum absolute atomic E-state index is 5.56. The average Bonchev–Trinajstić information content (AvgIpc) is 3.03. The van der Waals surface area contributed by atoms with Crippen molar-refractivity contribution in [3.8, 4) is 11.5 Å². The molecule has 0 spiro atoms. The fourth-order valence-electron chi connectivity index (χ4n) is 3.82. The second-order valence-corrected chi connectivity index (χ2v) is 6.96. The molecule has 26 heavy (non-hydrogen) atoms. The van der Waals surface area contributed by atoms with Gasteiger partial charge in [0.25, 0.3) is 0 Å². The molecule has 3 heteroatoms. The molecule has 2 aromatic carbocycles. The molecule has 0 N–H and O–H groups in total. The molecule has 1 unspecified atom stereocenters. The number of hydrogen-bond donors (Lipinski definition) is 0. The van der Waals surface area contributed by atoms with Gasteiger partial charge in [-0.3, -0.25) is 4.90 Å². The number of benzene rings is 2. The zero-order valence-electron chi connectivity index (χ0n) is 16.3. The highest BCUT2D eigenvalue weighted by atomic mass is 16.5. The van der Waals surface area contributed by atoms with Crippen molar-refractivity contribution in [1.29, 1.82) is 0 Å². The van der Waals surface area contributed by atoms with E-state index in [9.17, 15) is 0 Å². The molecule has 0 aliphatic heterocycles.